The molecule has 0 radical (unpaired) electrons. The average molecular weight is 179 g/mol. The molecule has 1 rings (SSSR count). The second kappa shape index (κ2) is 4.40. The van der Waals surface area contributed by atoms with Crippen LogP contribution in [0.3, 0.4) is 0 Å². The van der Waals surface area contributed by atoms with E-state index in [1.165, 1.54) is 11.1 Å². The lowest BCUT2D eigenvalue weighted by Crippen LogP contribution is -2.12. The van der Waals surface area contributed by atoms with Crippen LogP contribution in [0.1, 0.15) is 29.2 Å². The molecule has 2 heteroatoms. The number of nitrogens with two attached hydrogens (primary N) is 1. The Bertz CT molecular complexity index is 263. The van der Waals surface area contributed by atoms with E-state index in [1.807, 2.05) is 0 Å². The van der Waals surface area contributed by atoms with Crippen LogP contribution in [0.4, 0.5) is 0 Å². The molecule has 0 unspecified atom stereocenters. The lowest BCUT2D eigenvalue weighted by Gasteiger charge is -2.11. The lowest BCUT2D eigenvalue weighted by atomic mass is 10.0. The van der Waals surface area contributed by atoms with Crippen molar-refractivity contribution in [2.45, 2.75) is 26.3 Å². The number of benzene rings is 1. The Balaban J connectivity index is 2.87. The van der Waals surface area contributed by atoms with Crippen LogP contribution in [0.5, 0.6) is 0 Å². The Morgan fingerprint density at radius 3 is 2.23 bits per heavy atom. The van der Waals surface area contributed by atoms with Gasteiger partial charge in [0.05, 0.1) is 0 Å². The third-order valence-corrected chi connectivity index (χ3v) is 2.11. The highest BCUT2D eigenvalue weighted by molar-refractivity contribution is 5.30. The Morgan fingerprint density at radius 1 is 1.23 bits per heavy atom. The Morgan fingerprint density at radius 2 is 1.77 bits per heavy atom. The summed E-state index contributed by atoms with van der Waals surface area (Å²) >= 11 is 0. The highest BCUT2D eigenvalue weighted by Gasteiger charge is 2.05. The van der Waals surface area contributed by atoms with Gasteiger partial charge in [-0.05, 0) is 25.8 Å². The molecule has 13 heavy (non-hydrogen) atoms. The fourth-order valence-electron chi connectivity index (χ4n) is 1.53. The summed E-state index contributed by atoms with van der Waals surface area (Å²) in [7, 11) is 0. The molecule has 0 heterocycles. The summed E-state index contributed by atoms with van der Waals surface area (Å²) in [6.45, 7) is 4.26. The largest absolute Gasteiger partial charge is 0.396 e. The minimum absolute atomic E-state index is 0.0383. The van der Waals surface area contributed by atoms with Crippen molar-refractivity contribution < 1.29 is 5.11 Å². The quantitative estimate of drug-likeness (QED) is 0.741. The van der Waals surface area contributed by atoms with Crippen LogP contribution in [0.25, 0.3) is 0 Å². The zero-order valence-corrected chi connectivity index (χ0v) is 8.25. The molecule has 1 aromatic carbocycles. The van der Waals surface area contributed by atoms with Gasteiger partial charge in [0, 0.05) is 12.6 Å². The van der Waals surface area contributed by atoms with Crippen LogP contribution in [0, 0.1) is 13.8 Å². The van der Waals surface area contributed by atoms with Crippen molar-refractivity contribution in [2.75, 3.05) is 6.61 Å². The third kappa shape index (κ3) is 2.83. The van der Waals surface area contributed by atoms with Gasteiger partial charge in [-0.15, -0.1) is 0 Å². The molecule has 0 fully saturated rings. The van der Waals surface area contributed by atoms with E-state index in [9.17, 15) is 0 Å². The van der Waals surface area contributed by atoms with Gasteiger partial charge in [0.15, 0.2) is 0 Å². The number of hydrogen-bond donors (Lipinski definition) is 2. The van der Waals surface area contributed by atoms with E-state index in [2.05, 4.69) is 32.0 Å². The van der Waals surface area contributed by atoms with E-state index in [0.29, 0.717) is 6.42 Å². The van der Waals surface area contributed by atoms with Gasteiger partial charge in [-0.2, -0.15) is 0 Å². The summed E-state index contributed by atoms with van der Waals surface area (Å²) < 4.78 is 0. The molecular formula is C11H17NO. The van der Waals surface area contributed by atoms with Crippen LogP contribution in [-0.4, -0.2) is 11.7 Å². The fourth-order valence-corrected chi connectivity index (χ4v) is 1.53. The van der Waals surface area contributed by atoms with Crippen molar-refractivity contribution in [2.24, 2.45) is 5.73 Å². The summed E-state index contributed by atoms with van der Waals surface area (Å²) in [5.41, 5.74) is 9.45. The van der Waals surface area contributed by atoms with E-state index in [1.54, 1.807) is 0 Å². The maximum Gasteiger partial charge on any atom is 0.0449 e. The van der Waals surface area contributed by atoms with E-state index in [-0.39, 0.29) is 12.6 Å². The molecule has 0 saturated heterocycles. The van der Waals surface area contributed by atoms with Gasteiger partial charge >= 0.3 is 0 Å². The molecule has 0 bridgehead atoms. The smallest absolute Gasteiger partial charge is 0.0449 e. The lowest BCUT2D eigenvalue weighted by molar-refractivity contribution is 0.276. The Hall–Kier alpha value is -0.860. The third-order valence-electron chi connectivity index (χ3n) is 2.11. The molecule has 0 aliphatic carbocycles. The summed E-state index contributed by atoms with van der Waals surface area (Å²) in [5.74, 6) is 0. The molecule has 2 nitrogen and oxygen atoms in total. The summed E-state index contributed by atoms with van der Waals surface area (Å²) in [4.78, 5) is 0. The van der Waals surface area contributed by atoms with E-state index >= 15 is 0 Å². The van der Waals surface area contributed by atoms with Crippen molar-refractivity contribution in [3.63, 3.8) is 0 Å². The monoisotopic (exact) mass is 179 g/mol. The Labute approximate surface area is 79.4 Å². The van der Waals surface area contributed by atoms with Gasteiger partial charge in [-0.1, -0.05) is 29.3 Å². The average Bonchev–Trinajstić information content (AvgIpc) is 2.03. The highest BCUT2D eigenvalue weighted by Crippen LogP contribution is 2.17. The number of hydrogen-bond acceptors (Lipinski definition) is 2. The zero-order chi connectivity index (χ0) is 9.84. The van der Waals surface area contributed by atoms with E-state index < -0.39 is 0 Å². The van der Waals surface area contributed by atoms with Crippen molar-refractivity contribution in [1.82, 2.24) is 0 Å². The number of aryl methyl sites for hydroxylation is 2. The van der Waals surface area contributed by atoms with Gasteiger partial charge in [0.1, 0.15) is 0 Å². The molecule has 0 amide bonds. The van der Waals surface area contributed by atoms with Crippen LogP contribution >= 0.6 is 0 Å². The maximum absolute atomic E-state index is 8.76. The first kappa shape index (κ1) is 10.2. The minimum Gasteiger partial charge on any atom is -0.396 e. The first-order valence-electron chi connectivity index (χ1n) is 4.58. The van der Waals surface area contributed by atoms with E-state index in [0.717, 1.165) is 5.56 Å². The van der Waals surface area contributed by atoms with Gasteiger partial charge in [0.2, 0.25) is 0 Å². The highest BCUT2D eigenvalue weighted by atomic mass is 16.3. The standard InChI is InChI=1S/C11H17NO/c1-8-5-9(2)7-10(6-8)11(12)3-4-13/h5-7,11,13H,3-4,12H2,1-2H3/t11-/m0/s1. The molecule has 0 aliphatic heterocycles. The normalized spacial score (nSPS) is 12.9. The maximum atomic E-state index is 8.76. The number of rotatable bonds is 3. The molecule has 1 aromatic rings. The zero-order valence-electron chi connectivity index (χ0n) is 8.25. The molecule has 3 N–H and O–H groups in total. The predicted molar refractivity (Wildman–Crippen MR) is 54.5 cm³/mol. The fraction of sp³-hybridized carbons (Fsp3) is 0.455. The van der Waals surface area contributed by atoms with Gasteiger partial charge in [-0.3, -0.25) is 0 Å². The second-order valence-electron chi connectivity index (χ2n) is 3.54. The minimum atomic E-state index is -0.0383. The number of aliphatic hydroxyl groups is 1. The SMILES string of the molecule is Cc1cc(C)cc([C@@H](N)CCO)c1. The van der Waals surface area contributed by atoms with Crippen LogP contribution in [-0.2, 0) is 0 Å². The molecule has 1 atom stereocenters. The van der Waals surface area contributed by atoms with Crippen molar-refractivity contribution in [3.05, 3.63) is 34.9 Å². The van der Waals surface area contributed by atoms with Gasteiger partial charge in [-0.25, -0.2) is 0 Å². The topological polar surface area (TPSA) is 46.2 Å². The van der Waals surface area contributed by atoms with E-state index in [4.69, 9.17) is 10.8 Å². The van der Waals surface area contributed by atoms with Crippen molar-refractivity contribution >= 4 is 0 Å². The number of aliphatic hydroxyl groups excluding tert-OH is 1. The van der Waals surface area contributed by atoms with Crippen LogP contribution in [0.2, 0.25) is 0 Å². The van der Waals surface area contributed by atoms with Crippen molar-refractivity contribution in [3.8, 4) is 0 Å². The predicted octanol–water partition coefficient (Wildman–Crippen LogP) is 1.69. The van der Waals surface area contributed by atoms with Crippen molar-refractivity contribution in [1.29, 1.82) is 0 Å². The first-order valence-corrected chi connectivity index (χ1v) is 4.58. The van der Waals surface area contributed by atoms with Crippen LogP contribution in [0.15, 0.2) is 18.2 Å². The molecule has 72 valence electrons. The Kier molecular flexibility index (Phi) is 3.46. The first-order chi connectivity index (χ1) is 6.13. The molecular weight excluding hydrogens is 162 g/mol. The summed E-state index contributed by atoms with van der Waals surface area (Å²) in [6.07, 6.45) is 0.628. The molecule has 0 aromatic heterocycles. The molecule has 0 saturated carbocycles. The molecule has 0 spiro atoms. The molecule has 0 aliphatic rings. The second-order valence-corrected chi connectivity index (χ2v) is 3.54. The van der Waals surface area contributed by atoms with Crippen LogP contribution < -0.4 is 5.73 Å². The summed E-state index contributed by atoms with van der Waals surface area (Å²) in [5, 5.41) is 8.76. The van der Waals surface area contributed by atoms with Gasteiger partial charge < -0.3 is 10.8 Å². The van der Waals surface area contributed by atoms with Gasteiger partial charge in [0.25, 0.3) is 0 Å². The summed E-state index contributed by atoms with van der Waals surface area (Å²) in [6, 6.07) is 6.24.